The maximum absolute atomic E-state index is 13.0. The Labute approximate surface area is 154 Å². The lowest BCUT2D eigenvalue weighted by Crippen LogP contribution is -2.51. The summed E-state index contributed by atoms with van der Waals surface area (Å²) < 4.78 is 0. The molecular formula is C20H26N4O2. The molecule has 0 radical (unpaired) electrons. The maximum Gasteiger partial charge on any atom is 0.254 e. The molecular weight excluding hydrogens is 328 g/mol. The number of carbonyl (C=O) groups excluding carboxylic acids is 2. The van der Waals surface area contributed by atoms with Gasteiger partial charge in [-0.1, -0.05) is 25.1 Å². The van der Waals surface area contributed by atoms with E-state index in [0.29, 0.717) is 44.8 Å². The van der Waals surface area contributed by atoms with Gasteiger partial charge >= 0.3 is 0 Å². The van der Waals surface area contributed by atoms with Crippen molar-refractivity contribution in [3.8, 4) is 0 Å². The van der Waals surface area contributed by atoms with Gasteiger partial charge in [0.15, 0.2) is 0 Å². The zero-order valence-electron chi connectivity index (χ0n) is 15.5. The van der Waals surface area contributed by atoms with E-state index in [1.807, 2.05) is 49.1 Å². The van der Waals surface area contributed by atoms with Crippen LogP contribution >= 0.6 is 0 Å². The average molecular weight is 354 g/mol. The average Bonchev–Trinajstić information content (AvgIpc) is 2.65. The predicted molar refractivity (Wildman–Crippen MR) is 102 cm³/mol. The number of aryl methyl sites for hydroxylation is 1. The Hall–Kier alpha value is -2.47. The van der Waals surface area contributed by atoms with Crippen LogP contribution in [-0.2, 0) is 4.79 Å². The Kier molecular flexibility index (Phi) is 5.83. The van der Waals surface area contributed by atoms with Crippen molar-refractivity contribution < 1.29 is 9.59 Å². The number of fused-ring (bicyclic) bond motifs is 1. The van der Waals surface area contributed by atoms with E-state index in [4.69, 9.17) is 0 Å². The van der Waals surface area contributed by atoms with Crippen LogP contribution in [0.2, 0.25) is 0 Å². The summed E-state index contributed by atoms with van der Waals surface area (Å²) >= 11 is 0. The maximum atomic E-state index is 13.0. The van der Waals surface area contributed by atoms with E-state index in [0.717, 1.165) is 23.0 Å². The molecule has 2 amide bonds. The lowest BCUT2D eigenvalue weighted by atomic mass is 10.1. The Morgan fingerprint density at radius 3 is 2.62 bits per heavy atom. The van der Waals surface area contributed by atoms with E-state index in [1.54, 1.807) is 0 Å². The molecule has 1 aromatic heterocycles. The third kappa shape index (κ3) is 4.19. The van der Waals surface area contributed by atoms with Gasteiger partial charge in [-0.05, 0) is 25.5 Å². The van der Waals surface area contributed by atoms with Gasteiger partial charge in [0.25, 0.3) is 5.91 Å². The minimum absolute atomic E-state index is 0.0433. The summed E-state index contributed by atoms with van der Waals surface area (Å²) in [6.45, 7) is 7.77. The molecule has 6 heteroatoms. The summed E-state index contributed by atoms with van der Waals surface area (Å²) in [5.74, 6) is 0.101. The number of aromatic nitrogens is 1. The monoisotopic (exact) mass is 354 g/mol. The lowest BCUT2D eigenvalue weighted by Gasteiger charge is -2.34. The summed E-state index contributed by atoms with van der Waals surface area (Å²) in [6.07, 6.45) is 0.938. The topological polar surface area (TPSA) is 65.5 Å². The van der Waals surface area contributed by atoms with Crippen molar-refractivity contribution in [3.05, 3.63) is 41.6 Å². The van der Waals surface area contributed by atoms with E-state index in [-0.39, 0.29) is 11.8 Å². The number of benzene rings is 1. The number of pyridine rings is 1. The highest BCUT2D eigenvalue weighted by molar-refractivity contribution is 6.06. The molecule has 6 nitrogen and oxygen atoms in total. The van der Waals surface area contributed by atoms with Crippen molar-refractivity contribution in [1.29, 1.82) is 0 Å². The predicted octanol–water partition coefficient (Wildman–Crippen LogP) is 1.83. The minimum Gasteiger partial charge on any atom is -0.355 e. The first-order chi connectivity index (χ1) is 12.6. The van der Waals surface area contributed by atoms with Gasteiger partial charge in [0.2, 0.25) is 5.91 Å². The highest BCUT2D eigenvalue weighted by Gasteiger charge is 2.24. The molecule has 26 heavy (non-hydrogen) atoms. The van der Waals surface area contributed by atoms with Crippen molar-refractivity contribution in [2.24, 2.45) is 0 Å². The van der Waals surface area contributed by atoms with Gasteiger partial charge in [-0.25, -0.2) is 0 Å². The van der Waals surface area contributed by atoms with Crippen molar-refractivity contribution in [2.75, 3.05) is 39.3 Å². The van der Waals surface area contributed by atoms with Gasteiger partial charge in [0.1, 0.15) is 0 Å². The van der Waals surface area contributed by atoms with Crippen molar-refractivity contribution in [1.82, 2.24) is 20.1 Å². The molecule has 138 valence electrons. The second kappa shape index (κ2) is 8.27. The van der Waals surface area contributed by atoms with E-state index in [2.05, 4.69) is 15.2 Å². The number of carbonyl (C=O) groups is 2. The van der Waals surface area contributed by atoms with Gasteiger partial charge in [-0.15, -0.1) is 0 Å². The summed E-state index contributed by atoms with van der Waals surface area (Å²) in [5.41, 5.74) is 2.41. The summed E-state index contributed by atoms with van der Waals surface area (Å²) in [5, 5.41) is 3.79. The number of rotatable bonds is 5. The van der Waals surface area contributed by atoms with Crippen LogP contribution in [0.5, 0.6) is 0 Å². The number of nitrogens with one attached hydrogen (secondary N) is 1. The molecule has 0 saturated carbocycles. The van der Waals surface area contributed by atoms with E-state index < -0.39 is 0 Å². The quantitative estimate of drug-likeness (QED) is 0.890. The van der Waals surface area contributed by atoms with Crippen molar-refractivity contribution in [3.63, 3.8) is 0 Å². The second-order valence-corrected chi connectivity index (χ2v) is 6.75. The van der Waals surface area contributed by atoms with E-state index in [9.17, 15) is 9.59 Å². The zero-order valence-corrected chi connectivity index (χ0v) is 15.5. The minimum atomic E-state index is 0.0433. The van der Waals surface area contributed by atoms with Gasteiger partial charge < -0.3 is 10.2 Å². The van der Waals surface area contributed by atoms with Gasteiger partial charge in [0.05, 0.1) is 17.6 Å². The number of hydrogen-bond donors (Lipinski definition) is 1. The summed E-state index contributed by atoms with van der Waals surface area (Å²) in [7, 11) is 0. The van der Waals surface area contributed by atoms with Crippen LogP contribution in [-0.4, -0.2) is 65.9 Å². The van der Waals surface area contributed by atoms with Crippen LogP contribution in [0.25, 0.3) is 10.9 Å². The zero-order chi connectivity index (χ0) is 18.5. The first-order valence-electron chi connectivity index (χ1n) is 9.23. The third-order valence-corrected chi connectivity index (χ3v) is 4.67. The molecule has 1 aliphatic heterocycles. The number of hydrogen-bond acceptors (Lipinski definition) is 4. The van der Waals surface area contributed by atoms with E-state index >= 15 is 0 Å². The normalized spacial score (nSPS) is 15.2. The Morgan fingerprint density at radius 1 is 1.15 bits per heavy atom. The molecule has 1 N–H and O–H groups in total. The molecule has 0 spiro atoms. The molecule has 1 fully saturated rings. The number of para-hydroxylation sites is 1. The summed E-state index contributed by atoms with van der Waals surface area (Å²) in [4.78, 5) is 33.4. The Morgan fingerprint density at radius 2 is 1.88 bits per heavy atom. The highest BCUT2D eigenvalue weighted by atomic mass is 16.2. The molecule has 3 rings (SSSR count). The van der Waals surface area contributed by atoms with E-state index in [1.165, 1.54) is 0 Å². The van der Waals surface area contributed by atoms with Crippen LogP contribution in [0.4, 0.5) is 0 Å². The largest absolute Gasteiger partial charge is 0.355 e. The fraction of sp³-hybridized carbons (Fsp3) is 0.450. The molecule has 2 heterocycles. The molecule has 0 atom stereocenters. The number of piperazine rings is 1. The second-order valence-electron chi connectivity index (χ2n) is 6.75. The highest BCUT2D eigenvalue weighted by Crippen LogP contribution is 2.20. The Bertz CT molecular complexity index is 797. The van der Waals surface area contributed by atoms with Crippen molar-refractivity contribution in [2.45, 2.75) is 20.3 Å². The number of amides is 2. The van der Waals surface area contributed by atoms with Crippen LogP contribution in [0.1, 0.15) is 29.4 Å². The van der Waals surface area contributed by atoms with Gasteiger partial charge in [0, 0.05) is 43.8 Å². The van der Waals surface area contributed by atoms with Crippen LogP contribution in [0.3, 0.4) is 0 Å². The molecule has 0 bridgehead atoms. The Balaban J connectivity index is 1.65. The lowest BCUT2D eigenvalue weighted by molar-refractivity contribution is -0.122. The third-order valence-electron chi connectivity index (χ3n) is 4.67. The van der Waals surface area contributed by atoms with Gasteiger partial charge in [-0.2, -0.15) is 0 Å². The van der Waals surface area contributed by atoms with Crippen LogP contribution in [0.15, 0.2) is 30.3 Å². The molecule has 1 aliphatic rings. The molecule has 0 aliphatic carbocycles. The molecule has 2 aromatic rings. The van der Waals surface area contributed by atoms with Crippen LogP contribution < -0.4 is 5.32 Å². The molecule has 1 aromatic carbocycles. The van der Waals surface area contributed by atoms with Gasteiger partial charge in [-0.3, -0.25) is 19.5 Å². The standard InChI is InChI=1S/C20H26N4O2/c1-3-8-21-19(25)14-23-9-11-24(12-10-23)20(26)17-13-15(2)22-18-7-5-4-6-16(17)18/h4-7,13H,3,8-12,14H2,1-2H3,(H,21,25). The van der Waals surface area contributed by atoms with Crippen molar-refractivity contribution >= 4 is 22.7 Å². The van der Waals surface area contributed by atoms with Crippen LogP contribution in [0, 0.1) is 6.92 Å². The SMILES string of the molecule is CCCNC(=O)CN1CCN(C(=O)c2cc(C)nc3ccccc23)CC1. The fourth-order valence-electron chi connectivity index (χ4n) is 3.29. The first kappa shape index (κ1) is 18.3. The summed E-state index contributed by atoms with van der Waals surface area (Å²) in [6, 6.07) is 9.62. The smallest absolute Gasteiger partial charge is 0.254 e. The molecule has 1 saturated heterocycles. The number of nitrogens with zero attached hydrogens (tertiary/aromatic N) is 3. The first-order valence-corrected chi connectivity index (χ1v) is 9.23. The fourth-order valence-corrected chi connectivity index (χ4v) is 3.29. The molecule has 0 unspecified atom stereocenters.